The third-order valence-electron chi connectivity index (χ3n) is 4.45. The normalized spacial score (nSPS) is 22.1. The first-order chi connectivity index (χ1) is 9.29. The largest absolute Gasteiger partial charge is 0.343 e. The van der Waals surface area contributed by atoms with Gasteiger partial charge in [0.05, 0.1) is 0 Å². The molecule has 0 aromatic carbocycles. The summed E-state index contributed by atoms with van der Waals surface area (Å²) in [5, 5.41) is 3.22. The van der Waals surface area contributed by atoms with Crippen LogP contribution in [0.25, 0.3) is 0 Å². The quantitative estimate of drug-likeness (QED) is 0.737. The highest BCUT2D eigenvalue weighted by Crippen LogP contribution is 2.20. The van der Waals surface area contributed by atoms with E-state index in [0.717, 1.165) is 32.1 Å². The molecule has 2 fully saturated rings. The summed E-state index contributed by atoms with van der Waals surface area (Å²) in [6.45, 7) is 9.65. The Morgan fingerprint density at radius 1 is 1.16 bits per heavy atom. The zero-order valence-electron chi connectivity index (χ0n) is 12.4. The van der Waals surface area contributed by atoms with Gasteiger partial charge >= 0.3 is 0 Å². The minimum atomic E-state index is 0.334. The second-order valence-corrected chi connectivity index (χ2v) is 5.94. The zero-order valence-corrected chi connectivity index (χ0v) is 12.4. The number of nitrogens with zero attached hydrogens (tertiary/aromatic N) is 2. The van der Waals surface area contributed by atoms with E-state index in [-0.39, 0.29) is 0 Å². The summed E-state index contributed by atoms with van der Waals surface area (Å²) in [5.74, 6) is 1.15. The van der Waals surface area contributed by atoms with Gasteiger partial charge in [-0.2, -0.15) is 0 Å². The summed E-state index contributed by atoms with van der Waals surface area (Å²) in [5.41, 5.74) is 0. The fraction of sp³-hybridized carbons (Fsp3) is 0.933. The van der Waals surface area contributed by atoms with Crippen LogP contribution in [0.3, 0.4) is 0 Å². The molecule has 4 nitrogen and oxygen atoms in total. The molecule has 4 heteroatoms. The van der Waals surface area contributed by atoms with Crippen LogP contribution in [0.1, 0.15) is 39.0 Å². The van der Waals surface area contributed by atoms with Gasteiger partial charge in [0, 0.05) is 32.6 Å². The third kappa shape index (κ3) is 4.77. The number of amides is 1. The number of piperidine rings is 1. The molecule has 2 aliphatic rings. The molecule has 0 bridgehead atoms. The van der Waals surface area contributed by atoms with Crippen molar-refractivity contribution in [2.45, 2.75) is 39.0 Å². The van der Waals surface area contributed by atoms with Crippen molar-refractivity contribution in [3.63, 3.8) is 0 Å². The fourth-order valence-corrected chi connectivity index (χ4v) is 3.23. The van der Waals surface area contributed by atoms with Crippen LogP contribution in [0.4, 0.5) is 0 Å². The van der Waals surface area contributed by atoms with Gasteiger partial charge < -0.3 is 15.1 Å². The van der Waals surface area contributed by atoms with Crippen LogP contribution in [0.2, 0.25) is 0 Å². The Balaban J connectivity index is 1.62. The maximum absolute atomic E-state index is 12.0. The van der Waals surface area contributed by atoms with Crippen LogP contribution in [0, 0.1) is 5.92 Å². The second-order valence-electron chi connectivity index (χ2n) is 5.94. The van der Waals surface area contributed by atoms with Crippen molar-refractivity contribution < 1.29 is 4.79 Å². The molecule has 0 aromatic heterocycles. The van der Waals surface area contributed by atoms with E-state index < -0.39 is 0 Å². The van der Waals surface area contributed by atoms with Crippen LogP contribution in [0.15, 0.2) is 0 Å². The highest BCUT2D eigenvalue weighted by molar-refractivity contribution is 5.76. The summed E-state index contributed by atoms with van der Waals surface area (Å²) >= 11 is 0. The van der Waals surface area contributed by atoms with E-state index >= 15 is 0 Å². The summed E-state index contributed by atoms with van der Waals surface area (Å²) < 4.78 is 0. The van der Waals surface area contributed by atoms with Crippen molar-refractivity contribution in [3.8, 4) is 0 Å². The highest BCUT2D eigenvalue weighted by atomic mass is 16.2. The van der Waals surface area contributed by atoms with E-state index in [2.05, 4.69) is 22.0 Å². The Bertz CT molecular complexity index is 269. The molecule has 110 valence electrons. The monoisotopic (exact) mass is 267 g/mol. The van der Waals surface area contributed by atoms with Crippen LogP contribution in [-0.4, -0.2) is 61.5 Å². The van der Waals surface area contributed by atoms with Gasteiger partial charge in [-0.25, -0.2) is 0 Å². The molecule has 19 heavy (non-hydrogen) atoms. The standard InChI is InChI=1S/C15H29N3O/c1-2-16-8-5-15(19)18-11-6-14(7-12-18)13-17-9-3-4-10-17/h14,16H,2-13H2,1H3. The third-order valence-corrected chi connectivity index (χ3v) is 4.45. The van der Waals surface area contributed by atoms with Gasteiger partial charge in [0.1, 0.15) is 0 Å². The molecule has 0 atom stereocenters. The van der Waals surface area contributed by atoms with Crippen molar-refractivity contribution in [3.05, 3.63) is 0 Å². The summed E-state index contributed by atoms with van der Waals surface area (Å²) in [4.78, 5) is 16.7. The summed E-state index contributed by atoms with van der Waals surface area (Å²) in [6, 6.07) is 0. The molecular formula is C15H29N3O. The van der Waals surface area contributed by atoms with Gasteiger partial charge in [-0.05, 0) is 51.2 Å². The lowest BCUT2D eigenvalue weighted by atomic mass is 9.96. The molecule has 0 saturated carbocycles. The molecule has 1 amide bonds. The predicted molar refractivity (Wildman–Crippen MR) is 78.1 cm³/mol. The average Bonchev–Trinajstić information content (AvgIpc) is 2.93. The van der Waals surface area contributed by atoms with Crippen molar-refractivity contribution >= 4 is 5.91 Å². The average molecular weight is 267 g/mol. The maximum Gasteiger partial charge on any atom is 0.223 e. The molecule has 2 aliphatic heterocycles. The molecule has 0 aromatic rings. The smallest absolute Gasteiger partial charge is 0.223 e. The van der Waals surface area contributed by atoms with Gasteiger partial charge in [0.25, 0.3) is 0 Å². The van der Waals surface area contributed by atoms with Crippen molar-refractivity contribution in [1.82, 2.24) is 15.1 Å². The van der Waals surface area contributed by atoms with E-state index in [4.69, 9.17) is 0 Å². The topological polar surface area (TPSA) is 35.6 Å². The van der Waals surface area contributed by atoms with Gasteiger partial charge in [-0.15, -0.1) is 0 Å². The van der Waals surface area contributed by atoms with E-state index in [1.807, 2.05) is 0 Å². The van der Waals surface area contributed by atoms with E-state index in [0.29, 0.717) is 12.3 Å². The Morgan fingerprint density at radius 2 is 1.84 bits per heavy atom. The molecule has 0 spiro atoms. The zero-order chi connectivity index (χ0) is 13.5. The number of hydrogen-bond donors (Lipinski definition) is 1. The number of nitrogens with one attached hydrogen (secondary N) is 1. The molecule has 0 radical (unpaired) electrons. The Morgan fingerprint density at radius 3 is 2.47 bits per heavy atom. The van der Waals surface area contributed by atoms with Crippen molar-refractivity contribution in [2.75, 3.05) is 45.8 Å². The molecule has 0 aliphatic carbocycles. The van der Waals surface area contributed by atoms with E-state index in [9.17, 15) is 4.79 Å². The van der Waals surface area contributed by atoms with Crippen LogP contribution >= 0.6 is 0 Å². The Hall–Kier alpha value is -0.610. The minimum Gasteiger partial charge on any atom is -0.343 e. The molecule has 2 rings (SSSR count). The van der Waals surface area contributed by atoms with Gasteiger partial charge in [-0.1, -0.05) is 6.92 Å². The van der Waals surface area contributed by atoms with Crippen molar-refractivity contribution in [1.29, 1.82) is 0 Å². The molecule has 1 N–H and O–H groups in total. The number of carbonyl (C=O) groups excluding carboxylic acids is 1. The van der Waals surface area contributed by atoms with Crippen LogP contribution in [-0.2, 0) is 4.79 Å². The lowest BCUT2D eigenvalue weighted by Crippen LogP contribution is -2.42. The Kier molecular flexibility index (Phi) is 6.11. The first kappa shape index (κ1) is 14.8. The number of hydrogen-bond acceptors (Lipinski definition) is 3. The van der Waals surface area contributed by atoms with Crippen LogP contribution < -0.4 is 5.32 Å². The lowest BCUT2D eigenvalue weighted by Gasteiger charge is -2.34. The second kappa shape index (κ2) is 7.85. The number of rotatable bonds is 6. The first-order valence-electron chi connectivity index (χ1n) is 8.00. The van der Waals surface area contributed by atoms with Gasteiger partial charge in [0.2, 0.25) is 5.91 Å². The predicted octanol–water partition coefficient (Wildman–Crippen LogP) is 1.32. The fourth-order valence-electron chi connectivity index (χ4n) is 3.23. The summed E-state index contributed by atoms with van der Waals surface area (Å²) in [6.07, 6.45) is 5.81. The highest BCUT2D eigenvalue weighted by Gasteiger charge is 2.24. The SMILES string of the molecule is CCNCCC(=O)N1CCC(CN2CCCC2)CC1. The molecule has 2 heterocycles. The first-order valence-corrected chi connectivity index (χ1v) is 8.00. The lowest BCUT2D eigenvalue weighted by molar-refractivity contribution is -0.132. The minimum absolute atomic E-state index is 0.334. The van der Waals surface area contributed by atoms with E-state index in [1.165, 1.54) is 45.3 Å². The molecule has 0 unspecified atom stereocenters. The summed E-state index contributed by atoms with van der Waals surface area (Å²) in [7, 11) is 0. The van der Waals surface area contributed by atoms with Gasteiger partial charge in [-0.3, -0.25) is 4.79 Å². The van der Waals surface area contributed by atoms with E-state index in [1.54, 1.807) is 0 Å². The maximum atomic E-state index is 12.0. The van der Waals surface area contributed by atoms with Crippen molar-refractivity contribution in [2.24, 2.45) is 5.92 Å². The molecular weight excluding hydrogens is 238 g/mol. The molecule has 2 saturated heterocycles. The number of likely N-dealkylation sites (tertiary alicyclic amines) is 2. The Labute approximate surface area is 117 Å². The van der Waals surface area contributed by atoms with Gasteiger partial charge in [0.15, 0.2) is 0 Å². The van der Waals surface area contributed by atoms with Crippen LogP contribution in [0.5, 0.6) is 0 Å². The number of carbonyl (C=O) groups is 1.